The molecule has 9 heteroatoms. The highest BCUT2D eigenvalue weighted by Crippen LogP contribution is 2.27. The number of ketones is 1. The van der Waals surface area contributed by atoms with Crippen molar-refractivity contribution in [2.24, 2.45) is 5.92 Å². The Labute approximate surface area is 193 Å². The molecule has 0 aliphatic carbocycles. The Bertz CT molecular complexity index is 1200. The van der Waals surface area contributed by atoms with Crippen molar-refractivity contribution < 1.29 is 27.5 Å². The minimum absolute atomic E-state index is 0.0264. The van der Waals surface area contributed by atoms with E-state index < -0.39 is 40.3 Å². The van der Waals surface area contributed by atoms with Gasteiger partial charge in [-0.3, -0.25) is 19.3 Å². The van der Waals surface area contributed by atoms with Crippen LogP contribution in [0, 0.1) is 5.92 Å². The lowest BCUT2D eigenvalue weighted by Crippen LogP contribution is -2.44. The van der Waals surface area contributed by atoms with Crippen molar-refractivity contribution in [2.45, 2.75) is 37.7 Å². The van der Waals surface area contributed by atoms with Gasteiger partial charge in [-0.1, -0.05) is 31.2 Å². The Kier molecular flexibility index (Phi) is 6.36. The van der Waals surface area contributed by atoms with Crippen LogP contribution in [0.25, 0.3) is 0 Å². The van der Waals surface area contributed by atoms with E-state index in [2.05, 4.69) is 6.92 Å². The lowest BCUT2D eigenvalue weighted by atomic mass is 10.0. The summed E-state index contributed by atoms with van der Waals surface area (Å²) < 4.78 is 33.2. The molecule has 2 aliphatic rings. The first-order valence-corrected chi connectivity index (χ1v) is 12.4. The van der Waals surface area contributed by atoms with Crippen LogP contribution in [0.15, 0.2) is 53.4 Å². The Balaban J connectivity index is 1.58. The summed E-state index contributed by atoms with van der Waals surface area (Å²) in [5, 5.41) is 0. The number of carbonyl (C=O) groups is 3. The van der Waals surface area contributed by atoms with Crippen molar-refractivity contribution >= 4 is 27.6 Å². The number of hydrogen-bond donors (Lipinski definition) is 0. The maximum Gasteiger partial charge on any atom is 0.270 e. The van der Waals surface area contributed by atoms with Gasteiger partial charge in [-0.15, -0.1) is 0 Å². The molecule has 1 fully saturated rings. The third-order valence-corrected chi connectivity index (χ3v) is 8.01. The Morgan fingerprint density at radius 1 is 1.03 bits per heavy atom. The van der Waals surface area contributed by atoms with E-state index in [1.54, 1.807) is 18.2 Å². The highest BCUT2D eigenvalue weighted by atomic mass is 32.2. The highest BCUT2D eigenvalue weighted by molar-refractivity contribution is 7.89. The third-order valence-electron chi connectivity index (χ3n) is 6.12. The minimum atomic E-state index is -3.74. The molecule has 2 aliphatic heterocycles. The molecular formula is C24H26N2O6S. The highest BCUT2D eigenvalue weighted by Gasteiger charge is 2.35. The van der Waals surface area contributed by atoms with Crippen LogP contribution in [0.4, 0.5) is 0 Å². The quantitative estimate of drug-likeness (QED) is 0.492. The number of rotatable bonds is 5. The molecule has 8 nitrogen and oxygen atoms in total. The first kappa shape index (κ1) is 23.1. The number of Topliss-reactive ketones (excluding diaryl/α,β-unsaturated/α-hetero) is 1. The molecule has 0 unspecified atom stereocenters. The molecule has 2 heterocycles. The zero-order valence-corrected chi connectivity index (χ0v) is 19.4. The second-order valence-corrected chi connectivity index (χ2v) is 10.5. The zero-order valence-electron chi connectivity index (χ0n) is 18.6. The summed E-state index contributed by atoms with van der Waals surface area (Å²) in [6.07, 6.45) is 0.635. The monoisotopic (exact) mass is 470 g/mol. The number of hydrogen-bond acceptors (Lipinski definition) is 6. The van der Waals surface area contributed by atoms with Gasteiger partial charge in [0.2, 0.25) is 10.0 Å². The normalized spacial score (nSPS) is 20.2. The lowest BCUT2D eigenvalue weighted by Gasteiger charge is -2.29. The summed E-state index contributed by atoms with van der Waals surface area (Å²) in [7, 11) is -3.74. The van der Waals surface area contributed by atoms with E-state index in [-0.39, 0.29) is 21.8 Å². The predicted octanol–water partition coefficient (Wildman–Crippen LogP) is 2.74. The SMILES string of the molecule is CC1CCN(S(=O)(=O)c2cccc(C(=O)CN3C(=O)c4ccccc4O[C@@H](C)C3=O)c2)CC1. The van der Waals surface area contributed by atoms with Crippen molar-refractivity contribution in [3.63, 3.8) is 0 Å². The minimum Gasteiger partial charge on any atom is -0.480 e. The average Bonchev–Trinajstić information content (AvgIpc) is 2.90. The molecule has 0 radical (unpaired) electrons. The van der Waals surface area contributed by atoms with Gasteiger partial charge in [0, 0.05) is 18.7 Å². The van der Waals surface area contributed by atoms with Gasteiger partial charge in [0.15, 0.2) is 11.9 Å². The molecule has 174 valence electrons. The van der Waals surface area contributed by atoms with E-state index in [1.165, 1.54) is 41.6 Å². The van der Waals surface area contributed by atoms with Crippen LogP contribution in [-0.2, 0) is 14.8 Å². The Morgan fingerprint density at radius 2 is 1.73 bits per heavy atom. The van der Waals surface area contributed by atoms with Crippen molar-refractivity contribution in [3.05, 3.63) is 59.7 Å². The molecule has 1 atom stereocenters. The molecule has 0 aromatic heterocycles. The molecule has 2 aromatic rings. The van der Waals surface area contributed by atoms with Crippen LogP contribution < -0.4 is 4.74 Å². The van der Waals surface area contributed by atoms with Crippen LogP contribution in [0.5, 0.6) is 5.75 Å². The summed E-state index contributed by atoms with van der Waals surface area (Å²) in [4.78, 5) is 39.7. The Morgan fingerprint density at radius 3 is 2.45 bits per heavy atom. The van der Waals surface area contributed by atoms with Crippen molar-refractivity contribution in [1.29, 1.82) is 0 Å². The van der Waals surface area contributed by atoms with Gasteiger partial charge in [0.05, 0.1) is 17.0 Å². The number of imide groups is 1. The number of para-hydroxylation sites is 1. The first-order chi connectivity index (χ1) is 15.7. The van der Waals surface area contributed by atoms with Crippen LogP contribution in [0.3, 0.4) is 0 Å². The molecule has 0 saturated carbocycles. The van der Waals surface area contributed by atoms with Crippen molar-refractivity contribution in [2.75, 3.05) is 19.6 Å². The van der Waals surface area contributed by atoms with E-state index in [4.69, 9.17) is 4.74 Å². The second kappa shape index (κ2) is 9.07. The number of benzene rings is 2. The number of piperidine rings is 1. The van der Waals surface area contributed by atoms with Gasteiger partial charge in [-0.05, 0) is 49.9 Å². The van der Waals surface area contributed by atoms with Gasteiger partial charge in [0.25, 0.3) is 11.8 Å². The molecule has 2 aromatic carbocycles. The smallest absolute Gasteiger partial charge is 0.270 e. The molecule has 33 heavy (non-hydrogen) atoms. The maximum atomic E-state index is 13.1. The Hall–Kier alpha value is -3.04. The van der Waals surface area contributed by atoms with Gasteiger partial charge in [-0.2, -0.15) is 4.31 Å². The summed E-state index contributed by atoms with van der Waals surface area (Å²) >= 11 is 0. The fourth-order valence-electron chi connectivity index (χ4n) is 4.04. The fraction of sp³-hybridized carbons (Fsp3) is 0.375. The summed E-state index contributed by atoms with van der Waals surface area (Å²) in [6.45, 7) is 3.98. The second-order valence-electron chi connectivity index (χ2n) is 8.52. The van der Waals surface area contributed by atoms with Crippen LogP contribution >= 0.6 is 0 Å². The fourth-order valence-corrected chi connectivity index (χ4v) is 5.56. The van der Waals surface area contributed by atoms with Gasteiger partial charge < -0.3 is 4.74 Å². The predicted molar refractivity (Wildman–Crippen MR) is 121 cm³/mol. The number of carbonyl (C=O) groups excluding carboxylic acids is 3. The summed E-state index contributed by atoms with van der Waals surface area (Å²) in [6, 6.07) is 12.2. The zero-order chi connectivity index (χ0) is 23.8. The molecule has 0 bridgehead atoms. The van der Waals surface area contributed by atoms with Gasteiger partial charge in [-0.25, -0.2) is 8.42 Å². The van der Waals surface area contributed by atoms with Crippen molar-refractivity contribution in [3.8, 4) is 5.75 Å². The first-order valence-electron chi connectivity index (χ1n) is 10.9. The summed E-state index contributed by atoms with van der Waals surface area (Å²) in [5.74, 6) is -1.03. The lowest BCUT2D eigenvalue weighted by molar-refractivity contribution is -0.134. The molecule has 2 amide bonds. The largest absolute Gasteiger partial charge is 0.480 e. The molecular weight excluding hydrogens is 444 g/mol. The number of sulfonamides is 1. The number of nitrogens with zero attached hydrogens (tertiary/aromatic N) is 2. The summed E-state index contributed by atoms with van der Waals surface area (Å²) in [5.41, 5.74) is 0.312. The third kappa shape index (κ3) is 4.56. The van der Waals surface area contributed by atoms with Crippen LogP contribution in [-0.4, -0.2) is 61.0 Å². The number of ether oxygens (including phenoxy) is 1. The number of amides is 2. The van der Waals surface area contributed by atoms with E-state index in [1.807, 2.05) is 0 Å². The molecule has 0 N–H and O–H groups in total. The standard InChI is InChI=1S/C24H26N2O6S/c1-16-10-12-25(13-11-16)33(30,31)19-7-5-6-18(14-19)21(27)15-26-23(28)17(2)32-22-9-4-3-8-20(22)24(26)29/h3-9,14,16-17H,10-13,15H2,1-2H3/t17-/m0/s1. The maximum absolute atomic E-state index is 13.1. The average molecular weight is 471 g/mol. The van der Waals surface area contributed by atoms with Crippen molar-refractivity contribution in [1.82, 2.24) is 9.21 Å². The van der Waals surface area contributed by atoms with E-state index in [9.17, 15) is 22.8 Å². The van der Waals surface area contributed by atoms with Crippen LogP contribution in [0.1, 0.15) is 47.4 Å². The van der Waals surface area contributed by atoms with Gasteiger partial charge >= 0.3 is 0 Å². The van der Waals surface area contributed by atoms with E-state index in [0.717, 1.165) is 17.7 Å². The number of fused-ring (bicyclic) bond motifs is 1. The van der Waals surface area contributed by atoms with E-state index in [0.29, 0.717) is 19.0 Å². The molecule has 4 rings (SSSR count). The molecule has 1 saturated heterocycles. The van der Waals surface area contributed by atoms with E-state index >= 15 is 0 Å². The van der Waals surface area contributed by atoms with Crippen LogP contribution in [0.2, 0.25) is 0 Å². The van der Waals surface area contributed by atoms with Gasteiger partial charge in [0.1, 0.15) is 5.75 Å². The molecule has 0 spiro atoms. The topological polar surface area (TPSA) is 101 Å².